The van der Waals surface area contributed by atoms with E-state index in [0.717, 1.165) is 44.9 Å². The topological polar surface area (TPSA) is 62.5 Å². The van der Waals surface area contributed by atoms with Crippen LogP contribution in [0.15, 0.2) is 109 Å². The minimum absolute atomic E-state index is 0.360. The maximum Gasteiger partial charge on any atom is 0.337 e. The Morgan fingerprint density at radius 1 is 0.524 bits per heavy atom. The van der Waals surface area contributed by atoms with Gasteiger partial charge < -0.3 is 18.6 Å². The molecule has 208 valence electrons. The van der Waals surface area contributed by atoms with Gasteiger partial charge in [-0.15, -0.1) is 0 Å². The van der Waals surface area contributed by atoms with Gasteiger partial charge in [-0.2, -0.15) is 0 Å². The molecule has 0 saturated heterocycles. The minimum atomic E-state index is -0.439. The molecule has 0 unspecified atom stereocenters. The monoisotopic (exact) mass is 562 g/mol. The Bertz CT molecular complexity index is 1780. The van der Waals surface area contributed by atoms with Crippen LogP contribution in [-0.2, 0) is 9.47 Å². The number of hydrogen-bond acceptors (Lipinski definition) is 4. The van der Waals surface area contributed by atoms with Gasteiger partial charge in [-0.05, 0) is 96.1 Å². The SMILES string of the molecule is COC(=O)c1ccc(-c2cc3c(cc(-c4ccc(C(=O)OC)cc4)n3-c3ccc(F)cc3)n2-c2ccc(F)cc2)cc1. The molecule has 42 heavy (non-hydrogen) atoms. The molecule has 0 amide bonds. The second-order valence-electron chi connectivity index (χ2n) is 9.59. The van der Waals surface area contributed by atoms with Gasteiger partial charge in [-0.25, -0.2) is 18.4 Å². The van der Waals surface area contributed by atoms with E-state index >= 15 is 0 Å². The smallest absolute Gasteiger partial charge is 0.337 e. The lowest BCUT2D eigenvalue weighted by atomic mass is 10.1. The van der Waals surface area contributed by atoms with E-state index in [-0.39, 0.29) is 11.6 Å². The molecule has 0 radical (unpaired) electrons. The Hall–Kier alpha value is -5.50. The summed E-state index contributed by atoms with van der Waals surface area (Å²) in [5.74, 6) is -1.60. The Morgan fingerprint density at radius 2 is 0.857 bits per heavy atom. The lowest BCUT2D eigenvalue weighted by Gasteiger charge is -2.12. The zero-order valence-electron chi connectivity index (χ0n) is 22.7. The third-order valence-electron chi connectivity index (χ3n) is 7.15. The molecule has 2 heterocycles. The van der Waals surface area contributed by atoms with Crippen LogP contribution < -0.4 is 0 Å². The molecule has 0 aliphatic heterocycles. The van der Waals surface area contributed by atoms with E-state index in [1.165, 1.54) is 38.5 Å². The molecule has 0 N–H and O–H groups in total. The van der Waals surface area contributed by atoms with Gasteiger partial charge in [-0.1, -0.05) is 24.3 Å². The molecular weight excluding hydrogens is 538 g/mol. The van der Waals surface area contributed by atoms with Crippen LogP contribution in [-0.4, -0.2) is 35.3 Å². The number of halogens is 2. The Balaban J connectivity index is 1.62. The summed E-state index contributed by atoms with van der Waals surface area (Å²) in [7, 11) is 2.66. The van der Waals surface area contributed by atoms with Gasteiger partial charge in [0.05, 0.1) is 47.8 Å². The van der Waals surface area contributed by atoms with Crippen molar-refractivity contribution in [3.63, 3.8) is 0 Å². The molecule has 2 aromatic heterocycles. The van der Waals surface area contributed by atoms with E-state index in [2.05, 4.69) is 0 Å². The molecule has 0 bridgehead atoms. The predicted octanol–water partition coefficient (Wildman–Crippen LogP) is 7.61. The highest BCUT2D eigenvalue weighted by molar-refractivity contribution is 5.95. The molecular formula is C34H24F2N2O4. The number of rotatable bonds is 6. The molecule has 0 fully saturated rings. The van der Waals surface area contributed by atoms with Crippen molar-refractivity contribution >= 4 is 23.0 Å². The number of methoxy groups -OCH3 is 2. The first kappa shape index (κ1) is 26.7. The van der Waals surface area contributed by atoms with Gasteiger partial charge >= 0.3 is 11.9 Å². The number of fused-ring (bicyclic) bond motifs is 1. The molecule has 6 rings (SSSR count). The molecule has 6 nitrogen and oxygen atoms in total. The van der Waals surface area contributed by atoms with Crippen LogP contribution in [0.25, 0.3) is 44.9 Å². The normalized spacial score (nSPS) is 11.0. The second kappa shape index (κ2) is 10.8. The fourth-order valence-electron chi connectivity index (χ4n) is 5.11. The van der Waals surface area contributed by atoms with E-state index in [1.807, 2.05) is 45.5 Å². The Morgan fingerprint density at radius 3 is 1.17 bits per heavy atom. The first-order chi connectivity index (χ1) is 20.4. The van der Waals surface area contributed by atoms with E-state index < -0.39 is 11.9 Å². The van der Waals surface area contributed by atoms with Crippen LogP contribution >= 0.6 is 0 Å². The van der Waals surface area contributed by atoms with Crippen LogP contribution in [0.2, 0.25) is 0 Å². The van der Waals surface area contributed by atoms with Gasteiger partial charge in [0.2, 0.25) is 0 Å². The van der Waals surface area contributed by atoms with Gasteiger partial charge in [0, 0.05) is 11.4 Å². The van der Waals surface area contributed by atoms with Crippen LogP contribution in [0, 0.1) is 11.6 Å². The van der Waals surface area contributed by atoms with Crippen molar-refractivity contribution in [3.05, 3.63) is 132 Å². The third kappa shape index (κ3) is 4.73. The minimum Gasteiger partial charge on any atom is -0.465 e. The number of esters is 2. The van der Waals surface area contributed by atoms with Crippen molar-refractivity contribution in [2.75, 3.05) is 14.2 Å². The fourth-order valence-corrected chi connectivity index (χ4v) is 5.11. The zero-order chi connectivity index (χ0) is 29.4. The first-order valence-corrected chi connectivity index (χ1v) is 13.0. The van der Waals surface area contributed by atoms with Crippen molar-refractivity contribution in [1.82, 2.24) is 9.13 Å². The van der Waals surface area contributed by atoms with Gasteiger partial charge in [0.1, 0.15) is 11.6 Å². The molecule has 8 heteroatoms. The summed E-state index contributed by atoms with van der Waals surface area (Å²) in [5, 5.41) is 0. The number of carbonyl (C=O) groups is 2. The van der Waals surface area contributed by atoms with Crippen LogP contribution in [0.3, 0.4) is 0 Å². The standard InChI is InChI=1S/C34H24F2N2O4/c1-41-33(39)23-7-3-21(4-8-23)29-19-31-32(37(29)27-15-11-25(35)12-16-27)20-30(38(31)28-17-13-26(36)14-18-28)22-5-9-24(10-6-22)34(40)42-2/h3-20H,1-2H3. The molecule has 0 aliphatic rings. The molecule has 0 atom stereocenters. The lowest BCUT2D eigenvalue weighted by molar-refractivity contribution is 0.0592. The van der Waals surface area contributed by atoms with E-state index in [0.29, 0.717) is 11.1 Å². The van der Waals surface area contributed by atoms with Crippen molar-refractivity contribution < 1.29 is 27.8 Å². The Kier molecular flexibility index (Phi) is 6.88. The summed E-state index contributed by atoms with van der Waals surface area (Å²) < 4.78 is 41.6. The van der Waals surface area contributed by atoms with Crippen LogP contribution in [0.4, 0.5) is 8.78 Å². The van der Waals surface area contributed by atoms with Crippen molar-refractivity contribution in [2.45, 2.75) is 0 Å². The number of aromatic nitrogens is 2. The Labute approximate surface area is 240 Å². The van der Waals surface area contributed by atoms with Gasteiger partial charge in [0.25, 0.3) is 0 Å². The molecule has 6 aromatic rings. The van der Waals surface area contributed by atoms with Crippen molar-refractivity contribution in [3.8, 4) is 33.9 Å². The summed E-state index contributed by atoms with van der Waals surface area (Å²) in [4.78, 5) is 24.1. The van der Waals surface area contributed by atoms with E-state index in [1.54, 1.807) is 48.5 Å². The maximum absolute atomic E-state index is 14.0. The molecule has 0 spiro atoms. The summed E-state index contributed by atoms with van der Waals surface area (Å²) in [6.07, 6.45) is 0. The number of nitrogens with zero attached hydrogens (tertiary/aromatic N) is 2. The highest BCUT2D eigenvalue weighted by Crippen LogP contribution is 2.38. The average molecular weight is 563 g/mol. The summed E-state index contributed by atoms with van der Waals surface area (Å²) >= 11 is 0. The highest BCUT2D eigenvalue weighted by atomic mass is 19.1. The molecule has 4 aromatic carbocycles. The maximum atomic E-state index is 14.0. The van der Waals surface area contributed by atoms with Crippen molar-refractivity contribution in [1.29, 1.82) is 0 Å². The van der Waals surface area contributed by atoms with Crippen molar-refractivity contribution in [2.24, 2.45) is 0 Å². The van der Waals surface area contributed by atoms with Crippen LogP contribution in [0.5, 0.6) is 0 Å². The van der Waals surface area contributed by atoms with E-state index in [4.69, 9.17) is 9.47 Å². The molecule has 0 saturated carbocycles. The predicted molar refractivity (Wildman–Crippen MR) is 156 cm³/mol. The first-order valence-electron chi connectivity index (χ1n) is 13.0. The number of hydrogen-bond donors (Lipinski definition) is 0. The average Bonchev–Trinajstić information content (AvgIpc) is 3.58. The second-order valence-corrected chi connectivity index (χ2v) is 9.59. The van der Waals surface area contributed by atoms with E-state index in [9.17, 15) is 18.4 Å². The van der Waals surface area contributed by atoms with Gasteiger partial charge in [-0.3, -0.25) is 0 Å². The third-order valence-corrected chi connectivity index (χ3v) is 7.15. The quantitative estimate of drug-likeness (QED) is 0.196. The zero-order valence-corrected chi connectivity index (χ0v) is 22.7. The number of ether oxygens (including phenoxy) is 2. The van der Waals surface area contributed by atoms with Crippen LogP contribution in [0.1, 0.15) is 20.7 Å². The largest absolute Gasteiger partial charge is 0.465 e. The summed E-state index contributed by atoms with van der Waals surface area (Å²) in [6.45, 7) is 0. The summed E-state index contributed by atoms with van der Waals surface area (Å²) in [6, 6.07) is 30.5. The lowest BCUT2D eigenvalue weighted by Crippen LogP contribution is -2.01. The molecule has 0 aliphatic carbocycles. The fraction of sp³-hybridized carbons (Fsp3) is 0.0588. The number of carbonyl (C=O) groups excluding carboxylic acids is 2. The highest BCUT2D eigenvalue weighted by Gasteiger charge is 2.21. The number of benzene rings is 4. The summed E-state index contributed by atoms with van der Waals surface area (Å²) in [5.41, 5.74) is 7.13. The van der Waals surface area contributed by atoms with Gasteiger partial charge in [0.15, 0.2) is 0 Å².